The summed E-state index contributed by atoms with van der Waals surface area (Å²) in [7, 11) is 0. The Kier molecular flexibility index (Phi) is 2.56. The van der Waals surface area contributed by atoms with Crippen LogP contribution in [0, 0.1) is 5.41 Å². The Morgan fingerprint density at radius 3 is 3.00 bits per heavy atom. The third-order valence-corrected chi connectivity index (χ3v) is 4.18. The third-order valence-electron chi connectivity index (χ3n) is 4.18. The van der Waals surface area contributed by atoms with Crippen molar-refractivity contribution in [2.75, 3.05) is 13.2 Å². The van der Waals surface area contributed by atoms with Crippen molar-refractivity contribution in [3.05, 3.63) is 23.5 Å². The van der Waals surface area contributed by atoms with Crippen LogP contribution in [0.1, 0.15) is 50.0 Å². The molecular formula is C14H22N2O. The molecule has 0 bridgehead atoms. The Bertz CT molecular complexity index is 416. The molecule has 17 heavy (non-hydrogen) atoms. The van der Waals surface area contributed by atoms with Gasteiger partial charge in [0.2, 0.25) is 0 Å². The molecule has 2 atom stereocenters. The first kappa shape index (κ1) is 11.3. The van der Waals surface area contributed by atoms with Crippen molar-refractivity contribution in [1.82, 2.24) is 4.57 Å². The van der Waals surface area contributed by atoms with Gasteiger partial charge >= 0.3 is 0 Å². The average molecular weight is 234 g/mol. The number of aromatic nitrogens is 1. The van der Waals surface area contributed by atoms with Crippen LogP contribution in [0.5, 0.6) is 0 Å². The summed E-state index contributed by atoms with van der Waals surface area (Å²) in [5.41, 5.74) is 9.42. The molecule has 1 aliphatic heterocycles. The van der Waals surface area contributed by atoms with E-state index >= 15 is 0 Å². The fourth-order valence-electron chi connectivity index (χ4n) is 3.34. The Labute approximate surface area is 103 Å². The minimum absolute atomic E-state index is 0.206. The standard InChI is InChI=1S/C14H22N2O/c1-14(2)7-12(15)11-3-5-16(13(11)8-14)10-4-6-17-9-10/h3,5,10,12H,4,6-9,15H2,1-2H3. The molecule has 3 nitrogen and oxygen atoms in total. The predicted octanol–water partition coefficient (Wildman–Crippen LogP) is 2.42. The minimum Gasteiger partial charge on any atom is -0.379 e. The SMILES string of the molecule is CC1(C)Cc2c(ccn2C2CCOC2)C(N)C1. The normalized spacial score (nSPS) is 31.5. The molecule has 2 N–H and O–H groups in total. The van der Waals surface area contributed by atoms with E-state index < -0.39 is 0 Å². The molecule has 0 amide bonds. The average Bonchev–Trinajstić information content (AvgIpc) is 2.82. The molecule has 1 aromatic rings. The second kappa shape index (κ2) is 3.85. The van der Waals surface area contributed by atoms with E-state index in [0.29, 0.717) is 11.5 Å². The topological polar surface area (TPSA) is 40.2 Å². The summed E-state index contributed by atoms with van der Waals surface area (Å²) in [6, 6.07) is 2.95. The molecule has 2 heterocycles. The van der Waals surface area contributed by atoms with E-state index in [-0.39, 0.29) is 6.04 Å². The summed E-state index contributed by atoms with van der Waals surface area (Å²) in [6.07, 6.45) is 5.58. The van der Waals surface area contributed by atoms with Gasteiger partial charge < -0.3 is 15.0 Å². The number of nitrogens with two attached hydrogens (primary N) is 1. The molecule has 0 spiro atoms. The van der Waals surface area contributed by atoms with Gasteiger partial charge in [-0.2, -0.15) is 0 Å². The highest BCUT2D eigenvalue weighted by Gasteiger charge is 2.34. The number of nitrogens with zero attached hydrogens (tertiary/aromatic N) is 1. The van der Waals surface area contributed by atoms with Gasteiger partial charge in [-0.3, -0.25) is 0 Å². The van der Waals surface area contributed by atoms with E-state index in [0.717, 1.165) is 32.5 Å². The molecular weight excluding hydrogens is 212 g/mol. The number of hydrogen-bond donors (Lipinski definition) is 1. The van der Waals surface area contributed by atoms with Crippen LogP contribution in [-0.4, -0.2) is 17.8 Å². The van der Waals surface area contributed by atoms with Crippen molar-refractivity contribution in [2.24, 2.45) is 11.1 Å². The van der Waals surface area contributed by atoms with E-state index in [1.54, 1.807) is 0 Å². The van der Waals surface area contributed by atoms with Gasteiger partial charge in [0.25, 0.3) is 0 Å². The molecule has 1 aromatic heterocycles. The first-order valence-electron chi connectivity index (χ1n) is 6.60. The highest BCUT2D eigenvalue weighted by Crippen LogP contribution is 2.41. The van der Waals surface area contributed by atoms with Gasteiger partial charge in [-0.25, -0.2) is 0 Å². The molecule has 1 saturated heterocycles. The van der Waals surface area contributed by atoms with Crippen LogP contribution >= 0.6 is 0 Å². The molecule has 0 radical (unpaired) electrons. The van der Waals surface area contributed by atoms with Crippen molar-refractivity contribution in [3.8, 4) is 0 Å². The Morgan fingerprint density at radius 2 is 2.29 bits per heavy atom. The lowest BCUT2D eigenvalue weighted by Crippen LogP contribution is -2.31. The highest BCUT2D eigenvalue weighted by molar-refractivity contribution is 5.30. The molecule has 1 aliphatic carbocycles. The first-order chi connectivity index (χ1) is 8.07. The molecule has 2 unspecified atom stereocenters. The summed E-state index contributed by atoms with van der Waals surface area (Å²) in [6.45, 7) is 6.39. The maximum atomic E-state index is 6.29. The number of hydrogen-bond acceptors (Lipinski definition) is 2. The van der Waals surface area contributed by atoms with Crippen LogP contribution in [0.3, 0.4) is 0 Å². The van der Waals surface area contributed by atoms with Gasteiger partial charge in [0, 0.05) is 24.5 Å². The van der Waals surface area contributed by atoms with E-state index in [4.69, 9.17) is 10.5 Å². The van der Waals surface area contributed by atoms with Gasteiger partial charge in [-0.05, 0) is 36.3 Å². The maximum absolute atomic E-state index is 6.29. The van der Waals surface area contributed by atoms with Crippen LogP contribution in [0.4, 0.5) is 0 Å². The molecule has 94 valence electrons. The molecule has 0 saturated carbocycles. The number of ether oxygens (including phenoxy) is 1. The van der Waals surface area contributed by atoms with Crippen LogP contribution in [0.2, 0.25) is 0 Å². The van der Waals surface area contributed by atoms with E-state index in [9.17, 15) is 0 Å². The summed E-state index contributed by atoms with van der Waals surface area (Å²) >= 11 is 0. The summed E-state index contributed by atoms with van der Waals surface area (Å²) in [5, 5.41) is 0. The summed E-state index contributed by atoms with van der Waals surface area (Å²) in [5.74, 6) is 0. The Hall–Kier alpha value is -0.800. The fourth-order valence-corrected chi connectivity index (χ4v) is 3.34. The lowest BCUT2D eigenvalue weighted by Gasteiger charge is -2.35. The molecule has 2 aliphatic rings. The van der Waals surface area contributed by atoms with Gasteiger partial charge in [0.15, 0.2) is 0 Å². The zero-order valence-corrected chi connectivity index (χ0v) is 10.8. The van der Waals surface area contributed by atoms with E-state index in [1.165, 1.54) is 11.3 Å². The van der Waals surface area contributed by atoms with Crippen LogP contribution < -0.4 is 5.73 Å². The number of rotatable bonds is 1. The zero-order chi connectivity index (χ0) is 12.0. The van der Waals surface area contributed by atoms with Crippen LogP contribution in [-0.2, 0) is 11.2 Å². The molecule has 1 fully saturated rings. The zero-order valence-electron chi connectivity index (χ0n) is 10.8. The lowest BCUT2D eigenvalue weighted by molar-refractivity contribution is 0.185. The second-order valence-electron chi connectivity index (χ2n) is 6.29. The van der Waals surface area contributed by atoms with Gasteiger partial charge in [-0.15, -0.1) is 0 Å². The van der Waals surface area contributed by atoms with Crippen molar-refractivity contribution in [3.63, 3.8) is 0 Å². The van der Waals surface area contributed by atoms with Crippen molar-refractivity contribution in [1.29, 1.82) is 0 Å². The van der Waals surface area contributed by atoms with E-state index in [2.05, 4.69) is 30.7 Å². The van der Waals surface area contributed by atoms with Gasteiger partial charge in [-0.1, -0.05) is 13.8 Å². The van der Waals surface area contributed by atoms with Crippen LogP contribution in [0.15, 0.2) is 12.3 Å². The molecule has 3 rings (SSSR count). The summed E-state index contributed by atoms with van der Waals surface area (Å²) in [4.78, 5) is 0. The van der Waals surface area contributed by atoms with Crippen molar-refractivity contribution >= 4 is 0 Å². The largest absolute Gasteiger partial charge is 0.379 e. The third kappa shape index (κ3) is 1.91. The fraction of sp³-hybridized carbons (Fsp3) is 0.714. The smallest absolute Gasteiger partial charge is 0.0674 e. The Morgan fingerprint density at radius 1 is 1.47 bits per heavy atom. The van der Waals surface area contributed by atoms with Crippen molar-refractivity contribution in [2.45, 2.75) is 45.2 Å². The summed E-state index contributed by atoms with van der Waals surface area (Å²) < 4.78 is 7.92. The first-order valence-corrected chi connectivity index (χ1v) is 6.60. The van der Waals surface area contributed by atoms with Gasteiger partial charge in [0.1, 0.15) is 0 Å². The second-order valence-corrected chi connectivity index (χ2v) is 6.29. The van der Waals surface area contributed by atoms with Gasteiger partial charge in [0.05, 0.1) is 12.6 Å². The molecule has 3 heteroatoms. The lowest BCUT2D eigenvalue weighted by atomic mass is 9.74. The monoisotopic (exact) mass is 234 g/mol. The molecule has 0 aromatic carbocycles. The number of fused-ring (bicyclic) bond motifs is 1. The minimum atomic E-state index is 0.206. The maximum Gasteiger partial charge on any atom is 0.0674 e. The van der Waals surface area contributed by atoms with E-state index in [1.807, 2.05) is 0 Å². The van der Waals surface area contributed by atoms with Crippen LogP contribution in [0.25, 0.3) is 0 Å². The Balaban J connectivity index is 1.98. The predicted molar refractivity (Wildman–Crippen MR) is 67.9 cm³/mol. The van der Waals surface area contributed by atoms with Crippen molar-refractivity contribution < 1.29 is 4.74 Å². The quantitative estimate of drug-likeness (QED) is 0.810. The highest BCUT2D eigenvalue weighted by atomic mass is 16.5.